The number of likely N-dealkylation sites (N-methyl/N-ethyl adjacent to an activating group) is 1. The molecule has 1 fully saturated rings. The summed E-state index contributed by atoms with van der Waals surface area (Å²) in [6.07, 6.45) is 1.70. The van der Waals surface area contributed by atoms with E-state index in [0.29, 0.717) is 11.7 Å². The lowest BCUT2D eigenvalue weighted by Gasteiger charge is -2.26. The molecule has 3 heterocycles. The lowest BCUT2D eigenvalue weighted by Crippen LogP contribution is -2.39. The summed E-state index contributed by atoms with van der Waals surface area (Å²) >= 11 is 1.45. The van der Waals surface area contributed by atoms with Crippen LogP contribution in [0.25, 0.3) is 0 Å². The highest BCUT2D eigenvalue weighted by molar-refractivity contribution is 7.16. The van der Waals surface area contributed by atoms with Crippen molar-refractivity contribution in [3.63, 3.8) is 0 Å². The van der Waals surface area contributed by atoms with Crippen LogP contribution < -0.4 is 10.6 Å². The van der Waals surface area contributed by atoms with Crippen molar-refractivity contribution in [2.24, 2.45) is 0 Å². The minimum atomic E-state index is -0.647. The zero-order chi connectivity index (χ0) is 17.6. The summed E-state index contributed by atoms with van der Waals surface area (Å²) in [6, 6.07) is 0. The molecule has 2 aliphatic rings. The molecule has 0 aromatic carbocycles. The number of aromatic nitrogens is 1. The molecule has 0 bridgehead atoms. The smallest absolute Gasteiger partial charge is 0.315 e. The van der Waals surface area contributed by atoms with E-state index in [1.165, 1.54) is 11.3 Å². The van der Waals surface area contributed by atoms with E-state index in [4.69, 9.17) is 4.74 Å². The Bertz CT molecular complexity index is 615. The molecule has 9 heteroatoms. The first-order chi connectivity index (χ1) is 12.1. The van der Waals surface area contributed by atoms with Crippen molar-refractivity contribution in [3.05, 3.63) is 10.6 Å². The van der Waals surface area contributed by atoms with Crippen molar-refractivity contribution in [2.75, 3.05) is 58.3 Å². The second-order valence-corrected chi connectivity index (χ2v) is 7.48. The van der Waals surface area contributed by atoms with E-state index in [0.717, 1.165) is 69.4 Å². The molecule has 0 aliphatic carbocycles. The zero-order valence-corrected chi connectivity index (χ0v) is 15.4. The van der Waals surface area contributed by atoms with E-state index in [2.05, 4.69) is 32.5 Å². The number of carbonyl (C=O) groups is 2. The van der Waals surface area contributed by atoms with E-state index in [9.17, 15) is 9.59 Å². The third kappa shape index (κ3) is 5.21. The summed E-state index contributed by atoms with van der Waals surface area (Å²) in [5, 5.41) is 5.79. The number of hydrogen-bond acceptors (Lipinski definition) is 7. The van der Waals surface area contributed by atoms with E-state index in [-0.39, 0.29) is 0 Å². The fraction of sp³-hybridized carbons (Fsp3) is 0.688. The highest BCUT2D eigenvalue weighted by Crippen LogP contribution is 2.27. The van der Waals surface area contributed by atoms with Crippen LogP contribution in [0.1, 0.15) is 17.0 Å². The predicted molar refractivity (Wildman–Crippen MR) is 95.7 cm³/mol. The van der Waals surface area contributed by atoms with Crippen LogP contribution in [-0.4, -0.2) is 79.6 Å². The number of hydrogen-bond donors (Lipinski definition) is 2. The number of fused-ring (bicyclic) bond motifs is 1. The number of carbonyl (C=O) groups excluding carboxylic acids is 2. The van der Waals surface area contributed by atoms with Gasteiger partial charge in [-0.1, -0.05) is 0 Å². The third-order valence-electron chi connectivity index (χ3n) is 4.39. The number of rotatable bonds is 5. The molecule has 0 radical (unpaired) electrons. The molecule has 138 valence electrons. The Morgan fingerprint density at radius 1 is 1.24 bits per heavy atom. The Labute approximate surface area is 151 Å². The maximum atomic E-state index is 12.0. The average molecular weight is 367 g/mol. The van der Waals surface area contributed by atoms with E-state index in [1.54, 1.807) is 0 Å². The van der Waals surface area contributed by atoms with Gasteiger partial charge < -0.3 is 15.0 Å². The molecule has 1 aromatic heterocycles. The fourth-order valence-corrected chi connectivity index (χ4v) is 4.02. The quantitative estimate of drug-likeness (QED) is 0.559. The van der Waals surface area contributed by atoms with E-state index in [1.807, 2.05) is 0 Å². The molecule has 1 aromatic rings. The second-order valence-electron chi connectivity index (χ2n) is 6.39. The van der Waals surface area contributed by atoms with Gasteiger partial charge in [0.05, 0.1) is 18.9 Å². The number of morpholine rings is 1. The van der Waals surface area contributed by atoms with Gasteiger partial charge in [-0.3, -0.25) is 19.8 Å². The summed E-state index contributed by atoms with van der Waals surface area (Å²) in [6.45, 7) is 6.59. The van der Waals surface area contributed by atoms with Gasteiger partial charge in [-0.25, -0.2) is 4.98 Å². The Balaban J connectivity index is 1.38. The minimum absolute atomic E-state index is 0.489. The second kappa shape index (κ2) is 8.70. The summed E-state index contributed by atoms with van der Waals surface area (Å²) in [4.78, 5) is 34.0. The van der Waals surface area contributed by atoms with Gasteiger partial charge in [0, 0.05) is 44.0 Å². The van der Waals surface area contributed by atoms with Crippen LogP contribution in [0, 0.1) is 0 Å². The highest BCUT2D eigenvalue weighted by Gasteiger charge is 2.21. The predicted octanol–water partition coefficient (Wildman–Crippen LogP) is -0.0920. The molecule has 0 unspecified atom stereocenters. The molecule has 2 aliphatic heterocycles. The van der Waals surface area contributed by atoms with Crippen LogP contribution in [0.15, 0.2) is 0 Å². The molecule has 3 rings (SSSR count). The molecular formula is C16H25N5O3S. The van der Waals surface area contributed by atoms with Crippen LogP contribution in [0.2, 0.25) is 0 Å². The van der Waals surface area contributed by atoms with Crippen molar-refractivity contribution in [1.82, 2.24) is 20.1 Å². The van der Waals surface area contributed by atoms with Gasteiger partial charge in [-0.05, 0) is 20.0 Å². The summed E-state index contributed by atoms with van der Waals surface area (Å²) in [5.41, 5.74) is 1.03. The summed E-state index contributed by atoms with van der Waals surface area (Å²) in [7, 11) is 2.06. The molecule has 2 N–H and O–H groups in total. The molecule has 0 atom stereocenters. The Morgan fingerprint density at radius 2 is 2.04 bits per heavy atom. The standard InChI is InChI=1S/C16H25N5O3S/c1-20-6-3-12-13(11-20)25-16(18-12)19-15(23)14(22)17-4-2-5-21-7-9-24-10-8-21/h2-11H2,1H3,(H,17,22)(H,18,19,23). The van der Waals surface area contributed by atoms with Gasteiger partial charge in [0.2, 0.25) is 0 Å². The van der Waals surface area contributed by atoms with Crippen LogP contribution in [0.4, 0.5) is 5.13 Å². The molecule has 1 saturated heterocycles. The number of anilines is 1. The first-order valence-corrected chi connectivity index (χ1v) is 9.50. The van der Waals surface area contributed by atoms with Crippen molar-refractivity contribution in [2.45, 2.75) is 19.4 Å². The molecule has 2 amide bonds. The molecule has 0 saturated carbocycles. The molecule has 25 heavy (non-hydrogen) atoms. The van der Waals surface area contributed by atoms with Gasteiger partial charge in [0.25, 0.3) is 0 Å². The lowest BCUT2D eigenvalue weighted by atomic mass is 10.2. The Morgan fingerprint density at radius 3 is 2.84 bits per heavy atom. The Kier molecular flexibility index (Phi) is 6.35. The Hall–Kier alpha value is -1.55. The SMILES string of the molecule is CN1CCc2nc(NC(=O)C(=O)NCCCN3CCOCC3)sc2C1. The number of amides is 2. The van der Waals surface area contributed by atoms with Gasteiger partial charge in [0.15, 0.2) is 5.13 Å². The van der Waals surface area contributed by atoms with Crippen LogP contribution in [0.5, 0.6) is 0 Å². The lowest BCUT2D eigenvalue weighted by molar-refractivity contribution is -0.136. The van der Waals surface area contributed by atoms with Crippen molar-refractivity contribution in [1.29, 1.82) is 0 Å². The molecular weight excluding hydrogens is 342 g/mol. The van der Waals surface area contributed by atoms with Crippen LogP contribution in [-0.2, 0) is 27.3 Å². The highest BCUT2D eigenvalue weighted by atomic mass is 32.1. The monoisotopic (exact) mass is 367 g/mol. The largest absolute Gasteiger partial charge is 0.379 e. The summed E-state index contributed by atoms with van der Waals surface area (Å²) < 4.78 is 5.30. The van der Waals surface area contributed by atoms with Gasteiger partial charge in [-0.15, -0.1) is 11.3 Å². The number of nitrogens with zero attached hydrogens (tertiary/aromatic N) is 3. The average Bonchev–Trinajstić information content (AvgIpc) is 3.00. The topological polar surface area (TPSA) is 86.8 Å². The normalized spacial score (nSPS) is 18.6. The maximum absolute atomic E-state index is 12.0. The van der Waals surface area contributed by atoms with Crippen molar-refractivity contribution in [3.8, 4) is 0 Å². The first-order valence-electron chi connectivity index (χ1n) is 8.68. The maximum Gasteiger partial charge on any atom is 0.315 e. The van der Waals surface area contributed by atoms with Crippen molar-refractivity contribution < 1.29 is 14.3 Å². The first kappa shape index (κ1) is 18.2. The third-order valence-corrected chi connectivity index (χ3v) is 5.39. The molecule has 0 spiro atoms. The van der Waals surface area contributed by atoms with Gasteiger partial charge >= 0.3 is 11.8 Å². The molecule has 8 nitrogen and oxygen atoms in total. The number of ether oxygens (including phenoxy) is 1. The van der Waals surface area contributed by atoms with Gasteiger partial charge in [-0.2, -0.15) is 0 Å². The van der Waals surface area contributed by atoms with E-state index >= 15 is 0 Å². The number of nitrogens with one attached hydrogen (secondary N) is 2. The zero-order valence-electron chi connectivity index (χ0n) is 14.5. The minimum Gasteiger partial charge on any atom is -0.379 e. The van der Waals surface area contributed by atoms with Gasteiger partial charge in [0.1, 0.15) is 0 Å². The van der Waals surface area contributed by atoms with Crippen molar-refractivity contribution >= 4 is 28.3 Å². The number of thiazole rings is 1. The van der Waals surface area contributed by atoms with Crippen LogP contribution >= 0.6 is 11.3 Å². The van der Waals surface area contributed by atoms with E-state index < -0.39 is 11.8 Å². The van der Waals surface area contributed by atoms with Crippen LogP contribution in [0.3, 0.4) is 0 Å². The summed E-state index contributed by atoms with van der Waals surface area (Å²) in [5.74, 6) is -1.25. The fourth-order valence-electron chi connectivity index (χ4n) is 2.94.